The molecule has 1 unspecified atom stereocenters. The molecule has 86 valence electrons. The molecule has 0 radical (unpaired) electrons. The largest absolute Gasteiger partial charge is 0.298 e. The molecule has 1 rings (SSSR count). The summed E-state index contributed by atoms with van der Waals surface area (Å²) in [7, 11) is 0. The van der Waals surface area contributed by atoms with Gasteiger partial charge in [0.05, 0.1) is 0 Å². The van der Waals surface area contributed by atoms with Gasteiger partial charge in [0, 0.05) is 4.88 Å². The summed E-state index contributed by atoms with van der Waals surface area (Å²) in [5.74, 6) is 0.233. The van der Waals surface area contributed by atoms with Gasteiger partial charge in [0.15, 0.2) is 5.78 Å². The molecule has 0 saturated carbocycles. The second kappa shape index (κ2) is 6.99. The number of hydrogen-bond acceptors (Lipinski definition) is 3. The van der Waals surface area contributed by atoms with Crippen LogP contribution in [0.4, 0.5) is 0 Å². The number of carbonyl (C=O) groups is 1. The minimum absolute atomic E-state index is 0. The van der Waals surface area contributed by atoms with Crippen LogP contribution in [-0.2, 0) is 4.79 Å². The third kappa shape index (κ3) is 3.59. The number of ketones is 1. The summed E-state index contributed by atoms with van der Waals surface area (Å²) in [5.41, 5.74) is 0. The van der Waals surface area contributed by atoms with E-state index in [0.29, 0.717) is 0 Å². The molecule has 1 heterocycles. The van der Waals surface area contributed by atoms with Crippen LogP contribution >= 0.6 is 23.7 Å². The van der Waals surface area contributed by atoms with Gasteiger partial charge in [-0.25, -0.2) is 0 Å². The first-order valence-electron chi connectivity index (χ1n) is 4.98. The average Bonchev–Trinajstić information content (AvgIpc) is 2.65. The Morgan fingerprint density at radius 3 is 2.40 bits per heavy atom. The lowest BCUT2D eigenvalue weighted by atomic mass is 10.1. The molecule has 0 fully saturated rings. The predicted octanol–water partition coefficient (Wildman–Crippen LogP) is 3.14. The van der Waals surface area contributed by atoms with E-state index in [1.54, 1.807) is 18.3 Å². The number of nitrogens with zero attached hydrogens (tertiary/aromatic N) is 1. The molecule has 2 nitrogen and oxygen atoms in total. The van der Waals surface area contributed by atoms with Gasteiger partial charge < -0.3 is 0 Å². The fraction of sp³-hybridized carbons (Fsp3) is 0.545. The first-order chi connectivity index (χ1) is 6.70. The van der Waals surface area contributed by atoms with Crippen molar-refractivity contribution in [2.24, 2.45) is 0 Å². The van der Waals surface area contributed by atoms with Crippen LogP contribution in [0, 0.1) is 0 Å². The maximum Gasteiger partial charge on any atom is 0.152 e. The topological polar surface area (TPSA) is 20.3 Å². The Morgan fingerprint density at radius 2 is 2.07 bits per heavy atom. The monoisotopic (exact) mass is 247 g/mol. The molecule has 4 heteroatoms. The molecule has 0 spiro atoms. The molecule has 1 atom stereocenters. The maximum atomic E-state index is 11.6. The second-order valence-corrected chi connectivity index (χ2v) is 4.23. The fourth-order valence-corrected chi connectivity index (χ4v) is 2.59. The standard InChI is InChI=1S/C11H17NOS.ClH/c1-4-12(5-2)11(9(3)13)10-7-6-8-14-10;/h6-8,11H,4-5H2,1-3H3;1H. The number of thiophene rings is 1. The molecule has 0 N–H and O–H groups in total. The predicted molar refractivity (Wildman–Crippen MR) is 67.9 cm³/mol. The van der Waals surface area contributed by atoms with E-state index in [1.165, 1.54) is 0 Å². The molecule has 0 aliphatic rings. The van der Waals surface area contributed by atoms with Crippen molar-refractivity contribution in [1.82, 2.24) is 4.90 Å². The Bertz CT molecular complexity index is 283. The number of carbonyl (C=O) groups excluding carboxylic acids is 1. The normalized spacial score (nSPS) is 12.3. The minimum atomic E-state index is -0.0370. The van der Waals surface area contributed by atoms with Crippen molar-refractivity contribution in [1.29, 1.82) is 0 Å². The third-order valence-electron chi connectivity index (χ3n) is 2.38. The summed E-state index contributed by atoms with van der Waals surface area (Å²) in [6.45, 7) is 7.68. The lowest BCUT2D eigenvalue weighted by Gasteiger charge is -2.26. The van der Waals surface area contributed by atoms with Crippen LogP contribution in [0.25, 0.3) is 0 Å². The van der Waals surface area contributed by atoms with E-state index < -0.39 is 0 Å². The lowest BCUT2D eigenvalue weighted by molar-refractivity contribution is -0.122. The SMILES string of the molecule is CCN(CC)C(C(C)=O)c1cccs1.Cl. The van der Waals surface area contributed by atoms with Crippen molar-refractivity contribution in [3.05, 3.63) is 22.4 Å². The maximum absolute atomic E-state index is 11.6. The van der Waals surface area contributed by atoms with E-state index in [1.807, 2.05) is 17.5 Å². The van der Waals surface area contributed by atoms with Crippen molar-refractivity contribution in [3.63, 3.8) is 0 Å². The number of halogens is 1. The Labute approximate surface area is 102 Å². The van der Waals surface area contributed by atoms with Crippen LogP contribution in [0.1, 0.15) is 31.7 Å². The highest BCUT2D eigenvalue weighted by Gasteiger charge is 2.22. The van der Waals surface area contributed by atoms with Crippen molar-refractivity contribution in [2.45, 2.75) is 26.8 Å². The van der Waals surface area contributed by atoms with Gasteiger partial charge in [-0.1, -0.05) is 19.9 Å². The number of Topliss-reactive ketones (excluding diaryl/α,β-unsaturated/α-hetero) is 1. The Morgan fingerprint density at radius 1 is 1.47 bits per heavy atom. The summed E-state index contributed by atoms with van der Waals surface area (Å²) in [6, 6.07) is 4.00. The second-order valence-electron chi connectivity index (χ2n) is 3.25. The Kier molecular flexibility index (Phi) is 6.81. The molecule has 1 aromatic heterocycles. The Balaban J connectivity index is 0.00000196. The van der Waals surface area contributed by atoms with Gasteiger partial charge in [-0.2, -0.15) is 0 Å². The highest BCUT2D eigenvalue weighted by Crippen LogP contribution is 2.25. The van der Waals surface area contributed by atoms with Gasteiger partial charge >= 0.3 is 0 Å². The molecule has 1 aromatic rings. The van der Waals surface area contributed by atoms with Gasteiger partial charge in [-0.15, -0.1) is 23.7 Å². The summed E-state index contributed by atoms with van der Waals surface area (Å²) in [6.07, 6.45) is 0. The van der Waals surface area contributed by atoms with Crippen molar-refractivity contribution < 1.29 is 4.79 Å². The van der Waals surface area contributed by atoms with Crippen molar-refractivity contribution >= 4 is 29.5 Å². The molecule has 0 bridgehead atoms. The van der Waals surface area contributed by atoms with E-state index in [4.69, 9.17) is 0 Å². The van der Waals surface area contributed by atoms with Gasteiger partial charge in [0.1, 0.15) is 6.04 Å². The smallest absolute Gasteiger partial charge is 0.152 e. The van der Waals surface area contributed by atoms with Crippen LogP contribution < -0.4 is 0 Å². The highest BCUT2D eigenvalue weighted by atomic mass is 35.5. The first-order valence-corrected chi connectivity index (χ1v) is 5.86. The zero-order chi connectivity index (χ0) is 10.6. The zero-order valence-corrected chi connectivity index (χ0v) is 11.0. The van der Waals surface area contributed by atoms with Crippen molar-refractivity contribution in [2.75, 3.05) is 13.1 Å². The molecule has 0 aliphatic heterocycles. The van der Waals surface area contributed by atoms with Gasteiger partial charge in [-0.3, -0.25) is 9.69 Å². The van der Waals surface area contributed by atoms with E-state index in [0.717, 1.165) is 18.0 Å². The van der Waals surface area contributed by atoms with Gasteiger partial charge in [0.25, 0.3) is 0 Å². The molecule has 0 saturated heterocycles. The first kappa shape index (κ1) is 14.6. The van der Waals surface area contributed by atoms with E-state index >= 15 is 0 Å². The molecular weight excluding hydrogens is 230 g/mol. The fourth-order valence-electron chi connectivity index (χ4n) is 1.67. The van der Waals surface area contributed by atoms with Crippen LogP contribution in [0.15, 0.2) is 17.5 Å². The minimum Gasteiger partial charge on any atom is -0.298 e. The Hall–Kier alpha value is -0.380. The number of hydrogen-bond donors (Lipinski definition) is 0. The van der Waals surface area contributed by atoms with Crippen LogP contribution in [0.3, 0.4) is 0 Å². The third-order valence-corrected chi connectivity index (χ3v) is 3.30. The average molecular weight is 248 g/mol. The van der Waals surface area contributed by atoms with E-state index in [9.17, 15) is 4.79 Å². The van der Waals surface area contributed by atoms with E-state index in [2.05, 4.69) is 18.7 Å². The molecule has 15 heavy (non-hydrogen) atoms. The van der Waals surface area contributed by atoms with Gasteiger partial charge in [-0.05, 0) is 31.5 Å². The van der Waals surface area contributed by atoms with Crippen molar-refractivity contribution in [3.8, 4) is 0 Å². The molecule has 0 aliphatic carbocycles. The quantitative estimate of drug-likeness (QED) is 0.797. The highest BCUT2D eigenvalue weighted by molar-refractivity contribution is 7.10. The zero-order valence-electron chi connectivity index (χ0n) is 9.40. The van der Waals surface area contributed by atoms with Crippen LogP contribution in [-0.4, -0.2) is 23.8 Å². The molecule has 0 amide bonds. The number of rotatable bonds is 5. The molecular formula is C11H18ClNOS. The summed E-state index contributed by atoms with van der Waals surface area (Å²) in [5, 5.41) is 2.02. The summed E-state index contributed by atoms with van der Waals surface area (Å²) >= 11 is 1.66. The lowest BCUT2D eigenvalue weighted by Crippen LogP contribution is -2.32. The van der Waals surface area contributed by atoms with Crippen LogP contribution in [0.5, 0.6) is 0 Å². The molecule has 0 aromatic carbocycles. The summed E-state index contributed by atoms with van der Waals surface area (Å²) < 4.78 is 0. The summed E-state index contributed by atoms with van der Waals surface area (Å²) in [4.78, 5) is 14.9. The number of likely N-dealkylation sites (N-methyl/N-ethyl adjacent to an activating group) is 1. The van der Waals surface area contributed by atoms with Gasteiger partial charge in [0.2, 0.25) is 0 Å². The van der Waals surface area contributed by atoms with Crippen LogP contribution in [0.2, 0.25) is 0 Å². The van der Waals surface area contributed by atoms with E-state index in [-0.39, 0.29) is 24.2 Å².